The van der Waals surface area contributed by atoms with Crippen LogP contribution >= 0.6 is 0 Å². The average Bonchev–Trinajstić information content (AvgIpc) is 2.68. The molecule has 1 saturated heterocycles. The zero-order valence-electron chi connectivity index (χ0n) is 13.9. The lowest BCUT2D eigenvalue weighted by atomic mass is 10.0. The Morgan fingerprint density at radius 2 is 2.00 bits per heavy atom. The molecule has 1 heterocycles. The van der Waals surface area contributed by atoms with Crippen LogP contribution in [-0.4, -0.2) is 38.7 Å². The van der Waals surface area contributed by atoms with Crippen LogP contribution in [0.15, 0.2) is 24.3 Å². The molecule has 2 amide bonds. The van der Waals surface area contributed by atoms with Crippen molar-refractivity contribution in [2.75, 3.05) is 19.3 Å². The molecule has 1 N–H and O–H groups in total. The minimum absolute atomic E-state index is 0.0266. The van der Waals surface area contributed by atoms with E-state index in [4.69, 9.17) is 0 Å². The molecule has 1 fully saturated rings. The third kappa shape index (κ3) is 6.22. The number of carbonyl (C=O) groups excluding carboxylic acids is 1. The van der Waals surface area contributed by atoms with E-state index in [1.807, 2.05) is 23.1 Å². The number of likely N-dealkylation sites (tertiary alicyclic amines) is 1. The smallest absolute Gasteiger partial charge is 0.317 e. The summed E-state index contributed by atoms with van der Waals surface area (Å²) < 4.78 is 22.7. The number of hydrogen-bond acceptors (Lipinski definition) is 3. The number of rotatable bonds is 4. The van der Waals surface area contributed by atoms with Crippen LogP contribution in [0.5, 0.6) is 0 Å². The fourth-order valence-electron chi connectivity index (χ4n) is 2.89. The summed E-state index contributed by atoms with van der Waals surface area (Å²) in [7, 11) is -3.05. The second-order valence-corrected chi connectivity index (χ2v) is 8.71. The van der Waals surface area contributed by atoms with Crippen LogP contribution in [0.1, 0.15) is 37.3 Å². The van der Waals surface area contributed by atoms with Gasteiger partial charge in [0, 0.05) is 25.9 Å². The van der Waals surface area contributed by atoms with E-state index in [1.54, 1.807) is 6.07 Å². The molecule has 1 aromatic rings. The quantitative estimate of drug-likeness (QED) is 0.917. The molecule has 1 aliphatic rings. The number of hydrogen-bond donors (Lipinski definition) is 1. The van der Waals surface area contributed by atoms with Gasteiger partial charge in [0.25, 0.3) is 0 Å². The standard InChI is InChI=1S/C17H26N2O3S/c1-14-5-4-9-19(10-8-14)17(20)18-12-15-6-3-7-16(11-15)13-23(2,21)22/h3,6-7,11,14H,4-5,8-10,12-13H2,1-2H3,(H,18,20)/t14-/m1/s1. The number of nitrogens with one attached hydrogen (secondary N) is 1. The fraction of sp³-hybridized carbons (Fsp3) is 0.588. The van der Waals surface area contributed by atoms with Gasteiger partial charge in [0.1, 0.15) is 0 Å². The Bertz CT molecular complexity index is 643. The van der Waals surface area contributed by atoms with Crippen molar-refractivity contribution in [1.82, 2.24) is 10.2 Å². The fourth-order valence-corrected chi connectivity index (χ4v) is 3.67. The second-order valence-electron chi connectivity index (χ2n) is 6.57. The average molecular weight is 338 g/mol. The summed E-state index contributed by atoms with van der Waals surface area (Å²) in [4.78, 5) is 14.1. The Kier molecular flexibility index (Phi) is 6.04. The van der Waals surface area contributed by atoms with Crippen molar-refractivity contribution in [2.45, 2.75) is 38.5 Å². The van der Waals surface area contributed by atoms with Gasteiger partial charge < -0.3 is 10.2 Å². The van der Waals surface area contributed by atoms with E-state index in [2.05, 4.69) is 12.2 Å². The van der Waals surface area contributed by atoms with Crippen LogP contribution in [0, 0.1) is 5.92 Å². The predicted octanol–water partition coefficient (Wildman–Crippen LogP) is 2.56. The minimum atomic E-state index is -3.05. The molecule has 0 saturated carbocycles. The van der Waals surface area contributed by atoms with Crippen LogP contribution in [0.4, 0.5) is 4.79 Å². The maximum Gasteiger partial charge on any atom is 0.317 e. The van der Waals surface area contributed by atoms with Crippen LogP contribution in [0.3, 0.4) is 0 Å². The van der Waals surface area contributed by atoms with E-state index in [0.29, 0.717) is 12.5 Å². The van der Waals surface area contributed by atoms with Gasteiger partial charge in [-0.3, -0.25) is 0 Å². The number of amides is 2. The summed E-state index contributed by atoms with van der Waals surface area (Å²) in [6, 6.07) is 7.33. The molecule has 0 spiro atoms. The van der Waals surface area contributed by atoms with Gasteiger partial charge >= 0.3 is 6.03 Å². The molecule has 5 nitrogen and oxygen atoms in total. The molecule has 1 aliphatic heterocycles. The number of urea groups is 1. The van der Waals surface area contributed by atoms with E-state index in [-0.39, 0.29) is 11.8 Å². The summed E-state index contributed by atoms with van der Waals surface area (Å²) in [5.41, 5.74) is 1.67. The van der Waals surface area contributed by atoms with E-state index in [0.717, 1.165) is 37.1 Å². The van der Waals surface area contributed by atoms with Crippen molar-refractivity contribution in [1.29, 1.82) is 0 Å². The SMILES string of the molecule is C[C@@H]1CCCN(C(=O)NCc2cccc(CS(C)(=O)=O)c2)CC1. The molecule has 23 heavy (non-hydrogen) atoms. The molecule has 1 atom stereocenters. The lowest BCUT2D eigenvalue weighted by Crippen LogP contribution is -2.40. The zero-order chi connectivity index (χ0) is 16.9. The molecule has 2 rings (SSSR count). The lowest BCUT2D eigenvalue weighted by Gasteiger charge is -2.21. The molecule has 1 aromatic carbocycles. The normalized spacial score (nSPS) is 19.2. The number of sulfone groups is 1. The molecule has 0 bridgehead atoms. The Morgan fingerprint density at radius 3 is 2.74 bits per heavy atom. The van der Waals surface area contributed by atoms with E-state index < -0.39 is 9.84 Å². The van der Waals surface area contributed by atoms with Crippen LogP contribution in [0.25, 0.3) is 0 Å². The zero-order valence-corrected chi connectivity index (χ0v) is 14.7. The van der Waals surface area contributed by atoms with Gasteiger partial charge in [0.2, 0.25) is 0 Å². The second kappa shape index (κ2) is 7.81. The highest BCUT2D eigenvalue weighted by atomic mass is 32.2. The van der Waals surface area contributed by atoms with Crippen molar-refractivity contribution < 1.29 is 13.2 Å². The van der Waals surface area contributed by atoms with Crippen molar-refractivity contribution in [2.24, 2.45) is 5.92 Å². The van der Waals surface area contributed by atoms with Gasteiger partial charge in [0.05, 0.1) is 5.75 Å². The first kappa shape index (κ1) is 17.8. The van der Waals surface area contributed by atoms with Crippen molar-refractivity contribution in [3.05, 3.63) is 35.4 Å². The van der Waals surface area contributed by atoms with Crippen LogP contribution in [-0.2, 0) is 22.1 Å². The highest BCUT2D eigenvalue weighted by Crippen LogP contribution is 2.16. The Hall–Kier alpha value is -1.56. The van der Waals surface area contributed by atoms with Crippen molar-refractivity contribution in [3.63, 3.8) is 0 Å². The van der Waals surface area contributed by atoms with Gasteiger partial charge in [-0.2, -0.15) is 0 Å². The highest BCUT2D eigenvalue weighted by molar-refractivity contribution is 7.89. The summed E-state index contributed by atoms with van der Waals surface area (Å²) in [5, 5.41) is 2.94. The first-order chi connectivity index (χ1) is 10.8. The first-order valence-corrected chi connectivity index (χ1v) is 10.2. The third-order valence-electron chi connectivity index (χ3n) is 4.17. The van der Waals surface area contributed by atoms with Crippen LogP contribution < -0.4 is 5.32 Å². The summed E-state index contributed by atoms with van der Waals surface area (Å²) in [6.45, 7) is 4.27. The van der Waals surface area contributed by atoms with E-state index in [1.165, 1.54) is 12.7 Å². The lowest BCUT2D eigenvalue weighted by molar-refractivity contribution is 0.199. The number of nitrogens with zero attached hydrogens (tertiary/aromatic N) is 1. The van der Waals surface area contributed by atoms with Gasteiger partial charge in [-0.15, -0.1) is 0 Å². The van der Waals surface area contributed by atoms with Gasteiger partial charge in [-0.25, -0.2) is 13.2 Å². The largest absolute Gasteiger partial charge is 0.334 e. The van der Waals surface area contributed by atoms with Gasteiger partial charge in [-0.05, 0) is 36.3 Å². The summed E-state index contributed by atoms with van der Waals surface area (Å²) >= 11 is 0. The van der Waals surface area contributed by atoms with E-state index in [9.17, 15) is 13.2 Å². The molecule has 6 heteroatoms. The molecule has 128 valence electrons. The Balaban J connectivity index is 1.90. The van der Waals surface area contributed by atoms with Gasteiger partial charge in [-0.1, -0.05) is 31.2 Å². The maximum atomic E-state index is 12.3. The number of carbonyl (C=O) groups is 1. The summed E-state index contributed by atoms with van der Waals surface area (Å²) in [5.74, 6) is 0.708. The molecular formula is C17H26N2O3S. The number of benzene rings is 1. The van der Waals surface area contributed by atoms with Crippen molar-refractivity contribution >= 4 is 15.9 Å². The maximum absolute atomic E-state index is 12.3. The minimum Gasteiger partial charge on any atom is -0.334 e. The molecular weight excluding hydrogens is 312 g/mol. The van der Waals surface area contributed by atoms with Crippen molar-refractivity contribution in [3.8, 4) is 0 Å². The van der Waals surface area contributed by atoms with Gasteiger partial charge in [0.15, 0.2) is 9.84 Å². The first-order valence-electron chi connectivity index (χ1n) is 8.12. The predicted molar refractivity (Wildman–Crippen MR) is 91.8 cm³/mol. The molecule has 0 unspecified atom stereocenters. The molecule has 0 aliphatic carbocycles. The summed E-state index contributed by atoms with van der Waals surface area (Å²) in [6.07, 6.45) is 4.51. The third-order valence-corrected chi connectivity index (χ3v) is 5.03. The Morgan fingerprint density at radius 1 is 1.26 bits per heavy atom. The molecule has 0 aromatic heterocycles. The molecule has 0 radical (unpaired) electrons. The van der Waals surface area contributed by atoms with Crippen LogP contribution in [0.2, 0.25) is 0 Å². The monoisotopic (exact) mass is 338 g/mol. The highest BCUT2D eigenvalue weighted by Gasteiger charge is 2.18. The van der Waals surface area contributed by atoms with E-state index >= 15 is 0 Å². The Labute approximate surface area is 139 Å². The topological polar surface area (TPSA) is 66.5 Å².